The second-order valence-electron chi connectivity index (χ2n) is 7.00. The molecule has 2 aliphatic rings. The van der Waals surface area contributed by atoms with E-state index in [2.05, 4.69) is 16.7 Å². The third-order valence-electron chi connectivity index (χ3n) is 4.99. The standard InChI is InChI=1S/C23H23N3O4S2/c1-3-30-21(27)19-18(13-32-23-25-17-7-5-4-6-15(17)12-31-23)24-22(28)26-20(19)14-8-10-16(29-2)11-9-14/h4-11,20H,3,12-13H2,1-2H3,(H2,24,26,28). The third kappa shape index (κ3) is 4.94. The number of hydrogen-bond acceptors (Lipinski definition) is 7. The Balaban J connectivity index is 1.63. The summed E-state index contributed by atoms with van der Waals surface area (Å²) in [6.07, 6.45) is 0. The summed E-state index contributed by atoms with van der Waals surface area (Å²) in [5.41, 5.74) is 3.84. The van der Waals surface area contributed by atoms with Crippen LogP contribution in [0.4, 0.5) is 10.5 Å². The predicted molar refractivity (Wildman–Crippen MR) is 128 cm³/mol. The van der Waals surface area contributed by atoms with Crippen LogP contribution in [0.25, 0.3) is 0 Å². The molecule has 1 unspecified atom stereocenters. The average Bonchev–Trinajstić information content (AvgIpc) is 2.82. The maximum atomic E-state index is 12.9. The monoisotopic (exact) mass is 469 g/mol. The van der Waals surface area contributed by atoms with Gasteiger partial charge < -0.3 is 20.1 Å². The molecule has 2 aromatic carbocycles. The molecule has 0 aromatic heterocycles. The summed E-state index contributed by atoms with van der Waals surface area (Å²) in [4.78, 5) is 30.1. The van der Waals surface area contributed by atoms with E-state index in [0.29, 0.717) is 22.8 Å². The molecule has 0 bridgehead atoms. The number of carbonyl (C=O) groups excluding carboxylic acids is 2. The van der Waals surface area contributed by atoms with Crippen LogP contribution in [-0.2, 0) is 15.3 Å². The van der Waals surface area contributed by atoms with Crippen molar-refractivity contribution >= 4 is 45.6 Å². The number of aliphatic imine (C=N–C) groups is 1. The molecule has 2 aromatic rings. The molecule has 0 saturated carbocycles. The second kappa shape index (κ2) is 10.1. The van der Waals surface area contributed by atoms with E-state index in [1.165, 1.54) is 17.3 Å². The first-order chi connectivity index (χ1) is 15.6. The predicted octanol–water partition coefficient (Wildman–Crippen LogP) is 4.53. The Bertz CT molecular complexity index is 1080. The second-order valence-corrected chi connectivity index (χ2v) is 9.19. The first-order valence-corrected chi connectivity index (χ1v) is 12.1. The lowest BCUT2D eigenvalue weighted by Gasteiger charge is -2.29. The minimum absolute atomic E-state index is 0.241. The number of nitrogens with one attached hydrogen (secondary N) is 2. The van der Waals surface area contributed by atoms with Gasteiger partial charge in [0.1, 0.15) is 10.1 Å². The quantitative estimate of drug-likeness (QED) is 0.604. The maximum absolute atomic E-state index is 12.9. The molecule has 166 valence electrons. The molecule has 0 saturated heterocycles. The van der Waals surface area contributed by atoms with Gasteiger partial charge in [-0.25, -0.2) is 14.6 Å². The lowest BCUT2D eigenvalue weighted by Crippen LogP contribution is -2.46. The number of nitrogens with zero attached hydrogens (tertiary/aromatic N) is 1. The van der Waals surface area contributed by atoms with Crippen LogP contribution in [0.15, 0.2) is 64.8 Å². The number of methoxy groups -OCH3 is 1. The van der Waals surface area contributed by atoms with Crippen molar-refractivity contribution in [2.45, 2.75) is 18.7 Å². The number of carbonyl (C=O) groups is 2. The highest BCUT2D eigenvalue weighted by Gasteiger charge is 2.34. The van der Waals surface area contributed by atoms with Gasteiger partial charge in [0.15, 0.2) is 0 Å². The number of hydrogen-bond donors (Lipinski definition) is 2. The van der Waals surface area contributed by atoms with Gasteiger partial charge in [-0.05, 0) is 36.2 Å². The molecule has 0 aliphatic carbocycles. The van der Waals surface area contributed by atoms with Crippen molar-refractivity contribution in [1.29, 1.82) is 0 Å². The van der Waals surface area contributed by atoms with E-state index in [4.69, 9.17) is 14.5 Å². The Morgan fingerprint density at radius 3 is 2.75 bits per heavy atom. The summed E-state index contributed by atoms with van der Waals surface area (Å²) in [5, 5.41) is 5.65. The van der Waals surface area contributed by atoms with Crippen LogP contribution in [0, 0.1) is 0 Å². The van der Waals surface area contributed by atoms with E-state index in [1.54, 1.807) is 37.9 Å². The molecule has 2 heterocycles. The van der Waals surface area contributed by atoms with Crippen LogP contribution in [0.5, 0.6) is 5.75 Å². The third-order valence-corrected chi connectivity index (χ3v) is 7.26. The molecule has 0 fully saturated rings. The summed E-state index contributed by atoms with van der Waals surface area (Å²) >= 11 is 3.15. The minimum Gasteiger partial charge on any atom is -0.497 e. The normalized spacial score (nSPS) is 17.6. The van der Waals surface area contributed by atoms with Crippen LogP contribution >= 0.6 is 23.5 Å². The maximum Gasteiger partial charge on any atom is 0.338 e. The number of thioether (sulfide) groups is 2. The van der Waals surface area contributed by atoms with Gasteiger partial charge in [0.05, 0.1) is 31.0 Å². The van der Waals surface area contributed by atoms with E-state index < -0.39 is 12.0 Å². The van der Waals surface area contributed by atoms with Gasteiger partial charge in [0.25, 0.3) is 0 Å². The molecule has 9 heteroatoms. The van der Waals surface area contributed by atoms with Crippen LogP contribution in [-0.4, -0.2) is 35.8 Å². The van der Waals surface area contributed by atoms with Gasteiger partial charge in [0, 0.05) is 17.2 Å². The molecule has 2 amide bonds. The van der Waals surface area contributed by atoms with Crippen molar-refractivity contribution < 1.29 is 19.1 Å². The molecular formula is C23H23N3O4S2. The Kier molecular flexibility index (Phi) is 7.06. The number of benzene rings is 2. The van der Waals surface area contributed by atoms with Crippen molar-refractivity contribution in [1.82, 2.24) is 10.6 Å². The van der Waals surface area contributed by atoms with Gasteiger partial charge >= 0.3 is 12.0 Å². The van der Waals surface area contributed by atoms with Crippen molar-refractivity contribution in [2.75, 3.05) is 19.5 Å². The van der Waals surface area contributed by atoms with E-state index >= 15 is 0 Å². The van der Waals surface area contributed by atoms with Crippen molar-refractivity contribution in [3.8, 4) is 5.75 Å². The Morgan fingerprint density at radius 2 is 2.00 bits per heavy atom. The highest BCUT2D eigenvalue weighted by Crippen LogP contribution is 2.36. The first-order valence-electron chi connectivity index (χ1n) is 10.1. The average molecular weight is 470 g/mol. The zero-order valence-electron chi connectivity index (χ0n) is 17.7. The summed E-state index contributed by atoms with van der Waals surface area (Å²) < 4.78 is 11.4. The van der Waals surface area contributed by atoms with Crippen molar-refractivity contribution in [3.63, 3.8) is 0 Å². The lowest BCUT2D eigenvalue weighted by molar-refractivity contribution is -0.139. The van der Waals surface area contributed by atoms with Crippen molar-refractivity contribution in [3.05, 3.63) is 70.9 Å². The number of esters is 1. The number of fused-ring (bicyclic) bond motifs is 1. The summed E-state index contributed by atoms with van der Waals surface area (Å²) in [6, 6.07) is 14.3. The molecule has 2 aliphatic heterocycles. The zero-order valence-corrected chi connectivity index (χ0v) is 19.3. The number of ether oxygens (including phenoxy) is 2. The van der Waals surface area contributed by atoms with Crippen LogP contribution in [0.2, 0.25) is 0 Å². The number of para-hydroxylation sites is 1. The van der Waals surface area contributed by atoms with E-state index in [9.17, 15) is 9.59 Å². The fourth-order valence-electron chi connectivity index (χ4n) is 3.45. The van der Waals surface area contributed by atoms with E-state index in [0.717, 1.165) is 21.4 Å². The molecule has 0 radical (unpaired) electrons. The molecule has 32 heavy (non-hydrogen) atoms. The van der Waals surface area contributed by atoms with Crippen molar-refractivity contribution in [2.24, 2.45) is 4.99 Å². The Hall–Kier alpha value is -2.91. The van der Waals surface area contributed by atoms with Gasteiger partial charge in [0.2, 0.25) is 0 Å². The first kappa shape index (κ1) is 22.3. The summed E-state index contributed by atoms with van der Waals surface area (Å²) in [7, 11) is 1.59. The smallest absolute Gasteiger partial charge is 0.338 e. The number of rotatable bonds is 6. The highest BCUT2D eigenvalue weighted by molar-refractivity contribution is 8.38. The van der Waals surface area contributed by atoms with Gasteiger partial charge in [-0.2, -0.15) is 0 Å². The highest BCUT2D eigenvalue weighted by atomic mass is 32.2. The zero-order chi connectivity index (χ0) is 22.5. The topological polar surface area (TPSA) is 89.0 Å². The molecule has 2 N–H and O–H groups in total. The lowest BCUT2D eigenvalue weighted by atomic mass is 9.95. The Morgan fingerprint density at radius 1 is 1.22 bits per heavy atom. The molecule has 7 nitrogen and oxygen atoms in total. The van der Waals surface area contributed by atoms with E-state index in [1.807, 2.05) is 30.3 Å². The fraction of sp³-hybridized carbons (Fsp3) is 0.261. The van der Waals surface area contributed by atoms with Gasteiger partial charge in [-0.1, -0.05) is 53.9 Å². The number of urea groups is 1. The van der Waals surface area contributed by atoms with Gasteiger partial charge in [-0.15, -0.1) is 0 Å². The summed E-state index contributed by atoms with van der Waals surface area (Å²) in [6.45, 7) is 2.00. The summed E-state index contributed by atoms with van der Waals surface area (Å²) in [5.74, 6) is 1.47. The molecule has 0 spiro atoms. The van der Waals surface area contributed by atoms with Crippen LogP contribution in [0.3, 0.4) is 0 Å². The largest absolute Gasteiger partial charge is 0.497 e. The fourth-order valence-corrected chi connectivity index (χ4v) is 5.48. The number of amides is 2. The van der Waals surface area contributed by atoms with Crippen LogP contribution < -0.4 is 15.4 Å². The van der Waals surface area contributed by atoms with Crippen LogP contribution in [0.1, 0.15) is 24.1 Å². The Labute approximate surface area is 195 Å². The molecular weight excluding hydrogens is 446 g/mol. The van der Waals surface area contributed by atoms with E-state index in [-0.39, 0.29) is 12.6 Å². The molecule has 4 rings (SSSR count). The van der Waals surface area contributed by atoms with Gasteiger partial charge in [-0.3, -0.25) is 0 Å². The minimum atomic E-state index is -0.619. The SMILES string of the molecule is CCOC(=O)C1=C(CSC2=Nc3ccccc3CS2)NC(=O)NC1c1ccc(OC)cc1. The molecule has 1 atom stereocenters.